The van der Waals surface area contributed by atoms with Crippen LogP contribution in [0.3, 0.4) is 0 Å². The number of rotatable bonds is 7. The van der Waals surface area contributed by atoms with E-state index in [4.69, 9.17) is 0 Å². The Morgan fingerprint density at radius 3 is 2.90 bits per heavy atom. The van der Waals surface area contributed by atoms with Gasteiger partial charge in [-0.3, -0.25) is 4.79 Å². The smallest absolute Gasteiger partial charge is 0.253 e. The predicted octanol–water partition coefficient (Wildman–Crippen LogP) is 3.31. The molecule has 1 amide bonds. The average Bonchev–Trinajstić information content (AvgIpc) is 2.93. The molecule has 2 rings (SSSR count). The van der Waals surface area contributed by atoms with Crippen LogP contribution >= 0.6 is 11.8 Å². The fourth-order valence-electron chi connectivity index (χ4n) is 2.61. The van der Waals surface area contributed by atoms with E-state index < -0.39 is 0 Å². The van der Waals surface area contributed by atoms with Gasteiger partial charge in [-0.1, -0.05) is 13.8 Å². The zero-order valence-corrected chi connectivity index (χ0v) is 13.7. The molecular weight excluding hydrogens is 282 g/mol. The highest BCUT2D eigenvalue weighted by Gasteiger charge is 2.25. The number of nitrogens with one attached hydrogen (secondary N) is 2. The molecule has 0 aliphatic heterocycles. The standard InChI is InChI=1S/C16H25N3OS/c1-3-9-17-15-8-5-12(11-18-15)16(20)19-13-6-7-14(10-13)21-4-2/h5,8,11,13-14H,3-4,6-7,9-10H2,1-2H3,(H,17,18)(H,19,20). The lowest BCUT2D eigenvalue weighted by Gasteiger charge is -2.13. The minimum atomic E-state index is -0.00306. The van der Waals surface area contributed by atoms with E-state index in [-0.39, 0.29) is 5.91 Å². The molecule has 2 N–H and O–H groups in total. The molecular formula is C16H25N3OS. The Kier molecular flexibility index (Phi) is 6.36. The van der Waals surface area contributed by atoms with Crippen molar-refractivity contribution >= 4 is 23.5 Å². The second-order valence-electron chi connectivity index (χ2n) is 5.42. The topological polar surface area (TPSA) is 54.0 Å². The minimum absolute atomic E-state index is 0.00306. The molecule has 1 heterocycles. The lowest BCUT2D eigenvalue weighted by Crippen LogP contribution is -2.33. The molecule has 2 atom stereocenters. The predicted molar refractivity (Wildman–Crippen MR) is 90.0 cm³/mol. The Balaban J connectivity index is 1.83. The molecule has 1 saturated carbocycles. The second kappa shape index (κ2) is 8.27. The summed E-state index contributed by atoms with van der Waals surface area (Å²) in [5, 5.41) is 7.05. The number of carbonyl (C=O) groups is 1. The van der Waals surface area contributed by atoms with Gasteiger partial charge in [0.2, 0.25) is 0 Å². The van der Waals surface area contributed by atoms with Crippen LogP contribution in [-0.2, 0) is 0 Å². The first kappa shape index (κ1) is 16.1. The van der Waals surface area contributed by atoms with Crippen LogP contribution in [0.4, 0.5) is 5.82 Å². The quantitative estimate of drug-likeness (QED) is 0.811. The highest BCUT2D eigenvalue weighted by atomic mass is 32.2. The van der Waals surface area contributed by atoms with Crippen molar-refractivity contribution in [3.63, 3.8) is 0 Å². The van der Waals surface area contributed by atoms with E-state index in [0.29, 0.717) is 16.9 Å². The Labute approximate surface area is 131 Å². The first-order valence-corrected chi connectivity index (χ1v) is 8.90. The van der Waals surface area contributed by atoms with Crippen LogP contribution in [0.5, 0.6) is 0 Å². The van der Waals surface area contributed by atoms with E-state index in [1.807, 2.05) is 23.9 Å². The van der Waals surface area contributed by atoms with Gasteiger partial charge in [0.15, 0.2) is 0 Å². The lowest BCUT2D eigenvalue weighted by molar-refractivity contribution is 0.0937. The number of carbonyl (C=O) groups excluding carboxylic acids is 1. The maximum atomic E-state index is 12.2. The number of hydrogen-bond acceptors (Lipinski definition) is 4. The molecule has 0 aromatic carbocycles. The van der Waals surface area contributed by atoms with Crippen LogP contribution in [0.25, 0.3) is 0 Å². The van der Waals surface area contributed by atoms with Crippen molar-refractivity contribution in [3.05, 3.63) is 23.9 Å². The van der Waals surface area contributed by atoms with Gasteiger partial charge in [0, 0.05) is 24.0 Å². The van der Waals surface area contributed by atoms with Gasteiger partial charge in [-0.15, -0.1) is 0 Å². The van der Waals surface area contributed by atoms with E-state index in [1.54, 1.807) is 6.20 Å². The van der Waals surface area contributed by atoms with Gasteiger partial charge < -0.3 is 10.6 Å². The van der Waals surface area contributed by atoms with Crippen molar-refractivity contribution in [2.24, 2.45) is 0 Å². The van der Waals surface area contributed by atoms with Gasteiger partial charge >= 0.3 is 0 Å². The molecule has 0 spiro atoms. The fraction of sp³-hybridized carbons (Fsp3) is 0.625. The highest BCUT2D eigenvalue weighted by Crippen LogP contribution is 2.29. The highest BCUT2D eigenvalue weighted by molar-refractivity contribution is 7.99. The average molecular weight is 307 g/mol. The van der Waals surface area contributed by atoms with Crippen molar-refractivity contribution in [1.29, 1.82) is 0 Å². The zero-order chi connectivity index (χ0) is 15.1. The maximum absolute atomic E-state index is 12.2. The van der Waals surface area contributed by atoms with Gasteiger partial charge in [0.1, 0.15) is 5.82 Å². The lowest BCUT2D eigenvalue weighted by atomic mass is 10.2. The summed E-state index contributed by atoms with van der Waals surface area (Å²) in [7, 11) is 0. The SMILES string of the molecule is CCCNc1ccc(C(=O)NC2CCC(SCC)C2)cn1. The summed E-state index contributed by atoms with van der Waals surface area (Å²) in [6, 6.07) is 4.03. The Morgan fingerprint density at radius 2 is 2.24 bits per heavy atom. The number of anilines is 1. The maximum Gasteiger partial charge on any atom is 0.253 e. The van der Waals surface area contributed by atoms with Crippen molar-refractivity contribution in [1.82, 2.24) is 10.3 Å². The van der Waals surface area contributed by atoms with Crippen LogP contribution in [0, 0.1) is 0 Å². The number of amides is 1. The van der Waals surface area contributed by atoms with E-state index in [1.165, 1.54) is 6.42 Å². The van der Waals surface area contributed by atoms with E-state index in [9.17, 15) is 4.79 Å². The first-order valence-electron chi connectivity index (χ1n) is 7.85. The normalized spacial score (nSPS) is 21.2. The molecule has 1 aromatic heterocycles. The first-order chi connectivity index (χ1) is 10.2. The summed E-state index contributed by atoms with van der Waals surface area (Å²) < 4.78 is 0. The molecule has 1 fully saturated rings. The Bertz CT molecular complexity index is 449. The van der Waals surface area contributed by atoms with Crippen LogP contribution in [0.1, 0.15) is 49.9 Å². The van der Waals surface area contributed by atoms with Crippen LogP contribution in [-0.4, -0.2) is 34.5 Å². The summed E-state index contributed by atoms with van der Waals surface area (Å²) >= 11 is 2.00. The van der Waals surface area contributed by atoms with Crippen LogP contribution in [0.2, 0.25) is 0 Å². The van der Waals surface area contributed by atoms with E-state index in [2.05, 4.69) is 29.5 Å². The Morgan fingerprint density at radius 1 is 1.38 bits per heavy atom. The number of nitrogens with zero attached hydrogens (tertiary/aromatic N) is 1. The molecule has 21 heavy (non-hydrogen) atoms. The van der Waals surface area contributed by atoms with Crippen LogP contribution in [0.15, 0.2) is 18.3 Å². The third kappa shape index (κ3) is 4.92. The third-order valence-electron chi connectivity index (χ3n) is 3.70. The molecule has 5 heteroatoms. The van der Waals surface area contributed by atoms with Gasteiger partial charge in [-0.2, -0.15) is 11.8 Å². The van der Waals surface area contributed by atoms with Gasteiger partial charge in [-0.05, 0) is 43.6 Å². The molecule has 0 bridgehead atoms. The van der Waals surface area contributed by atoms with Gasteiger partial charge in [-0.25, -0.2) is 4.98 Å². The summed E-state index contributed by atoms with van der Waals surface area (Å²) in [6.07, 6.45) is 6.10. The summed E-state index contributed by atoms with van der Waals surface area (Å²) in [4.78, 5) is 16.5. The molecule has 1 aliphatic rings. The number of aromatic nitrogens is 1. The van der Waals surface area contributed by atoms with E-state index >= 15 is 0 Å². The Hall–Kier alpha value is -1.23. The third-order valence-corrected chi connectivity index (χ3v) is 4.94. The summed E-state index contributed by atoms with van der Waals surface area (Å²) in [5.74, 6) is 1.98. The largest absolute Gasteiger partial charge is 0.370 e. The van der Waals surface area contributed by atoms with Crippen molar-refractivity contribution in [3.8, 4) is 0 Å². The zero-order valence-electron chi connectivity index (χ0n) is 12.9. The second-order valence-corrected chi connectivity index (χ2v) is 7.00. The number of thioether (sulfide) groups is 1. The van der Waals surface area contributed by atoms with Crippen molar-refractivity contribution in [2.75, 3.05) is 17.6 Å². The molecule has 116 valence electrons. The minimum Gasteiger partial charge on any atom is -0.370 e. The number of hydrogen-bond donors (Lipinski definition) is 2. The van der Waals surface area contributed by atoms with Crippen molar-refractivity contribution < 1.29 is 4.79 Å². The molecule has 0 saturated heterocycles. The number of pyridine rings is 1. The molecule has 2 unspecified atom stereocenters. The van der Waals surface area contributed by atoms with Gasteiger partial charge in [0.05, 0.1) is 5.56 Å². The van der Waals surface area contributed by atoms with E-state index in [0.717, 1.165) is 37.4 Å². The van der Waals surface area contributed by atoms with Crippen LogP contribution < -0.4 is 10.6 Å². The summed E-state index contributed by atoms with van der Waals surface area (Å²) in [5.41, 5.74) is 0.642. The molecule has 0 radical (unpaired) electrons. The van der Waals surface area contributed by atoms with Crippen molar-refractivity contribution in [2.45, 2.75) is 50.8 Å². The molecule has 4 nitrogen and oxygen atoms in total. The summed E-state index contributed by atoms with van der Waals surface area (Å²) in [6.45, 7) is 5.20. The van der Waals surface area contributed by atoms with Gasteiger partial charge in [0.25, 0.3) is 5.91 Å². The monoisotopic (exact) mass is 307 g/mol. The molecule has 1 aromatic rings. The molecule has 1 aliphatic carbocycles. The fourth-order valence-corrected chi connectivity index (χ4v) is 3.76.